The number of amides is 1. The fourth-order valence-electron chi connectivity index (χ4n) is 1.90. The molecule has 1 N–H and O–H groups in total. The third-order valence-corrected chi connectivity index (χ3v) is 3.96. The molecule has 1 aromatic heterocycles. The van der Waals surface area contributed by atoms with E-state index in [0.29, 0.717) is 6.54 Å². The van der Waals surface area contributed by atoms with Crippen molar-refractivity contribution >= 4 is 33.3 Å². The third kappa shape index (κ3) is 3.32. The molecular formula is C14H15NO3S. The molecule has 0 fully saturated rings. The SMILES string of the molecule is CN(Cc1csc2ccccc12)C(=O)CCC(=O)O. The molecule has 0 aliphatic carbocycles. The number of hydrogen-bond acceptors (Lipinski definition) is 3. The summed E-state index contributed by atoms with van der Waals surface area (Å²) in [6.45, 7) is 0.516. The van der Waals surface area contributed by atoms with Crippen LogP contribution >= 0.6 is 11.3 Å². The van der Waals surface area contributed by atoms with Crippen LogP contribution in [0.2, 0.25) is 0 Å². The van der Waals surface area contributed by atoms with E-state index in [1.807, 2.05) is 23.6 Å². The molecule has 100 valence electrons. The van der Waals surface area contributed by atoms with E-state index in [0.717, 1.165) is 10.9 Å². The predicted octanol–water partition coefficient (Wildman–Crippen LogP) is 2.72. The van der Waals surface area contributed by atoms with Gasteiger partial charge in [-0.15, -0.1) is 11.3 Å². The molecule has 0 unspecified atom stereocenters. The summed E-state index contributed by atoms with van der Waals surface area (Å²) in [5, 5.41) is 11.8. The summed E-state index contributed by atoms with van der Waals surface area (Å²) in [4.78, 5) is 23.8. The summed E-state index contributed by atoms with van der Waals surface area (Å²) < 4.78 is 1.20. The number of carboxylic acids is 1. The maximum absolute atomic E-state index is 11.8. The quantitative estimate of drug-likeness (QED) is 0.914. The Bertz CT molecular complexity index is 606. The predicted molar refractivity (Wildman–Crippen MR) is 75.2 cm³/mol. The van der Waals surface area contributed by atoms with E-state index in [1.165, 1.54) is 4.70 Å². The van der Waals surface area contributed by atoms with Gasteiger partial charge in [0.1, 0.15) is 0 Å². The minimum Gasteiger partial charge on any atom is -0.481 e. The van der Waals surface area contributed by atoms with Crippen molar-refractivity contribution in [3.63, 3.8) is 0 Å². The Kier molecular flexibility index (Phi) is 4.16. The van der Waals surface area contributed by atoms with Crippen molar-refractivity contribution in [2.24, 2.45) is 0 Å². The average molecular weight is 277 g/mol. The Morgan fingerprint density at radius 3 is 2.74 bits per heavy atom. The molecule has 1 amide bonds. The Morgan fingerprint density at radius 2 is 2.00 bits per heavy atom. The average Bonchev–Trinajstić information content (AvgIpc) is 2.79. The van der Waals surface area contributed by atoms with Gasteiger partial charge in [-0.3, -0.25) is 9.59 Å². The van der Waals surface area contributed by atoms with E-state index in [4.69, 9.17) is 5.11 Å². The molecule has 0 aliphatic heterocycles. The standard InChI is InChI=1S/C14H15NO3S/c1-15(13(16)6-7-14(17)18)8-10-9-19-12-5-3-2-4-11(10)12/h2-5,9H,6-8H2,1H3,(H,17,18). The van der Waals surface area contributed by atoms with Crippen LogP contribution in [0, 0.1) is 0 Å². The van der Waals surface area contributed by atoms with Crippen molar-refractivity contribution in [1.82, 2.24) is 4.90 Å². The molecule has 0 aliphatic rings. The van der Waals surface area contributed by atoms with E-state index in [1.54, 1.807) is 23.3 Å². The topological polar surface area (TPSA) is 57.6 Å². The summed E-state index contributed by atoms with van der Waals surface area (Å²) in [6.07, 6.45) is -0.0680. The first-order chi connectivity index (χ1) is 9.08. The number of aliphatic carboxylic acids is 1. The zero-order valence-electron chi connectivity index (χ0n) is 10.6. The number of carbonyl (C=O) groups excluding carboxylic acids is 1. The molecule has 0 atom stereocenters. The molecule has 19 heavy (non-hydrogen) atoms. The fraction of sp³-hybridized carbons (Fsp3) is 0.286. The first kappa shape index (κ1) is 13.5. The van der Waals surface area contributed by atoms with Crippen LogP contribution in [0.1, 0.15) is 18.4 Å². The van der Waals surface area contributed by atoms with Crippen molar-refractivity contribution in [3.05, 3.63) is 35.2 Å². The van der Waals surface area contributed by atoms with Crippen LogP contribution in [-0.4, -0.2) is 28.9 Å². The normalized spacial score (nSPS) is 10.6. The van der Waals surface area contributed by atoms with Crippen LogP contribution in [-0.2, 0) is 16.1 Å². The maximum Gasteiger partial charge on any atom is 0.303 e. The number of fused-ring (bicyclic) bond motifs is 1. The van der Waals surface area contributed by atoms with E-state index in [-0.39, 0.29) is 18.7 Å². The largest absolute Gasteiger partial charge is 0.481 e. The summed E-state index contributed by atoms with van der Waals surface area (Å²) in [5.41, 5.74) is 1.10. The highest BCUT2D eigenvalue weighted by Gasteiger charge is 2.13. The number of hydrogen-bond donors (Lipinski definition) is 1. The van der Waals surface area contributed by atoms with Gasteiger partial charge in [-0.1, -0.05) is 18.2 Å². The van der Waals surface area contributed by atoms with Gasteiger partial charge in [-0.25, -0.2) is 0 Å². The van der Waals surface area contributed by atoms with Gasteiger partial charge >= 0.3 is 5.97 Å². The Morgan fingerprint density at radius 1 is 1.26 bits per heavy atom. The highest BCUT2D eigenvalue weighted by Crippen LogP contribution is 2.26. The smallest absolute Gasteiger partial charge is 0.303 e. The van der Waals surface area contributed by atoms with Crippen molar-refractivity contribution in [3.8, 4) is 0 Å². The van der Waals surface area contributed by atoms with Crippen LogP contribution < -0.4 is 0 Å². The van der Waals surface area contributed by atoms with Crippen molar-refractivity contribution in [1.29, 1.82) is 0 Å². The summed E-state index contributed by atoms with van der Waals surface area (Å²) >= 11 is 1.65. The molecular weight excluding hydrogens is 262 g/mol. The van der Waals surface area contributed by atoms with Crippen molar-refractivity contribution in [2.75, 3.05) is 7.05 Å². The second-order valence-corrected chi connectivity index (χ2v) is 5.31. The molecule has 0 spiro atoms. The molecule has 0 saturated carbocycles. The van der Waals surface area contributed by atoms with E-state index in [2.05, 4.69) is 6.07 Å². The molecule has 4 nitrogen and oxygen atoms in total. The highest BCUT2D eigenvalue weighted by atomic mass is 32.1. The molecule has 0 saturated heterocycles. The lowest BCUT2D eigenvalue weighted by molar-refractivity contribution is -0.140. The minimum absolute atomic E-state index is 0.0495. The first-order valence-corrected chi connectivity index (χ1v) is 6.87. The van der Waals surface area contributed by atoms with Crippen LogP contribution in [0.3, 0.4) is 0 Å². The number of carboxylic acid groups (broad SMARTS) is 1. The zero-order chi connectivity index (χ0) is 13.8. The van der Waals surface area contributed by atoms with Gasteiger partial charge in [0.2, 0.25) is 5.91 Å². The van der Waals surface area contributed by atoms with Gasteiger partial charge in [-0.05, 0) is 22.4 Å². The van der Waals surface area contributed by atoms with Crippen LogP contribution in [0.5, 0.6) is 0 Å². The lowest BCUT2D eigenvalue weighted by Crippen LogP contribution is -2.26. The van der Waals surface area contributed by atoms with Gasteiger partial charge in [0.05, 0.1) is 6.42 Å². The number of rotatable bonds is 5. The summed E-state index contributed by atoms with van der Waals surface area (Å²) in [7, 11) is 1.70. The second kappa shape index (κ2) is 5.84. The molecule has 2 aromatic rings. The monoisotopic (exact) mass is 277 g/mol. The highest BCUT2D eigenvalue weighted by molar-refractivity contribution is 7.17. The van der Waals surface area contributed by atoms with Gasteiger partial charge in [0.25, 0.3) is 0 Å². The minimum atomic E-state index is -0.942. The number of carbonyl (C=O) groups is 2. The Hall–Kier alpha value is -1.88. The lowest BCUT2D eigenvalue weighted by Gasteiger charge is -2.16. The second-order valence-electron chi connectivity index (χ2n) is 4.40. The summed E-state index contributed by atoms with van der Waals surface area (Å²) in [6, 6.07) is 8.06. The molecule has 0 bridgehead atoms. The number of benzene rings is 1. The molecule has 5 heteroatoms. The summed E-state index contributed by atoms with van der Waals surface area (Å²) in [5.74, 6) is -1.08. The number of thiophene rings is 1. The van der Waals surface area contributed by atoms with Gasteiger partial charge in [-0.2, -0.15) is 0 Å². The van der Waals surface area contributed by atoms with Crippen LogP contribution in [0.15, 0.2) is 29.6 Å². The van der Waals surface area contributed by atoms with Gasteiger partial charge in [0, 0.05) is 24.7 Å². The maximum atomic E-state index is 11.8. The third-order valence-electron chi connectivity index (χ3n) is 2.95. The zero-order valence-corrected chi connectivity index (χ0v) is 11.4. The van der Waals surface area contributed by atoms with E-state index >= 15 is 0 Å². The van der Waals surface area contributed by atoms with Crippen LogP contribution in [0.4, 0.5) is 0 Å². The fourth-order valence-corrected chi connectivity index (χ4v) is 2.86. The Balaban J connectivity index is 2.04. The first-order valence-electron chi connectivity index (χ1n) is 5.99. The van der Waals surface area contributed by atoms with Crippen molar-refractivity contribution in [2.45, 2.75) is 19.4 Å². The lowest BCUT2D eigenvalue weighted by atomic mass is 10.1. The number of nitrogens with zero attached hydrogens (tertiary/aromatic N) is 1. The van der Waals surface area contributed by atoms with Gasteiger partial charge < -0.3 is 10.0 Å². The van der Waals surface area contributed by atoms with E-state index in [9.17, 15) is 9.59 Å². The molecule has 0 radical (unpaired) electrons. The van der Waals surface area contributed by atoms with E-state index < -0.39 is 5.97 Å². The van der Waals surface area contributed by atoms with Crippen LogP contribution in [0.25, 0.3) is 10.1 Å². The molecule has 1 aromatic carbocycles. The van der Waals surface area contributed by atoms with Crippen molar-refractivity contribution < 1.29 is 14.7 Å². The molecule has 1 heterocycles. The Labute approximate surface area is 115 Å². The molecule has 2 rings (SSSR count). The van der Waals surface area contributed by atoms with Gasteiger partial charge in [0.15, 0.2) is 0 Å².